The Bertz CT molecular complexity index is 344. The zero-order valence-corrected chi connectivity index (χ0v) is 9.53. The van der Waals surface area contributed by atoms with Crippen molar-refractivity contribution in [3.05, 3.63) is 29.3 Å². The van der Waals surface area contributed by atoms with Gasteiger partial charge in [0.1, 0.15) is 0 Å². The summed E-state index contributed by atoms with van der Waals surface area (Å²) < 4.78 is 0. The maximum atomic E-state index is 9.71. The number of aliphatic hydroxyl groups excluding tert-OH is 1. The van der Waals surface area contributed by atoms with E-state index in [0.29, 0.717) is 0 Å². The number of anilines is 1. The maximum Gasteiger partial charge on any atom is 0.0795 e. The molecule has 1 aromatic carbocycles. The molecule has 82 valence electrons. The first-order valence-corrected chi connectivity index (χ1v) is 5.82. The maximum absolute atomic E-state index is 9.71. The van der Waals surface area contributed by atoms with Crippen molar-refractivity contribution in [1.29, 1.82) is 0 Å². The average Bonchev–Trinajstić information content (AvgIpc) is 2.62. The monoisotopic (exact) mass is 205 g/mol. The highest BCUT2D eigenvalue weighted by atomic mass is 16.3. The third-order valence-electron chi connectivity index (χ3n) is 3.30. The van der Waals surface area contributed by atoms with Gasteiger partial charge in [-0.1, -0.05) is 6.07 Å². The van der Waals surface area contributed by atoms with Crippen LogP contribution in [-0.2, 0) is 6.42 Å². The summed E-state index contributed by atoms with van der Waals surface area (Å²) in [6, 6.07) is 6.44. The van der Waals surface area contributed by atoms with Crippen LogP contribution in [0, 0.1) is 0 Å². The van der Waals surface area contributed by atoms with Gasteiger partial charge in [-0.25, -0.2) is 0 Å². The molecule has 2 rings (SSSR count). The number of nitrogens with zero attached hydrogens (tertiary/aromatic N) is 1. The first kappa shape index (κ1) is 10.5. The Kier molecular flexibility index (Phi) is 2.96. The number of benzene rings is 1. The lowest BCUT2D eigenvalue weighted by Gasteiger charge is -2.21. The lowest BCUT2D eigenvalue weighted by Crippen LogP contribution is -2.21. The predicted molar refractivity (Wildman–Crippen MR) is 63.3 cm³/mol. The highest BCUT2D eigenvalue weighted by Crippen LogP contribution is 2.33. The normalized spacial score (nSPS) is 19.0. The molecular formula is C13H19NO. The van der Waals surface area contributed by atoms with Crippen LogP contribution in [-0.4, -0.2) is 18.2 Å². The average molecular weight is 205 g/mol. The Balaban J connectivity index is 2.30. The summed E-state index contributed by atoms with van der Waals surface area (Å²) in [4.78, 5) is 2.34. The molecule has 0 spiro atoms. The zero-order valence-electron chi connectivity index (χ0n) is 9.53. The molecule has 1 aliphatic carbocycles. The van der Waals surface area contributed by atoms with Crippen LogP contribution in [0.5, 0.6) is 0 Å². The Morgan fingerprint density at radius 2 is 2.07 bits per heavy atom. The van der Waals surface area contributed by atoms with Crippen molar-refractivity contribution in [3.63, 3.8) is 0 Å². The van der Waals surface area contributed by atoms with Gasteiger partial charge in [-0.05, 0) is 49.9 Å². The van der Waals surface area contributed by atoms with Crippen LogP contribution in [0.2, 0.25) is 0 Å². The zero-order chi connectivity index (χ0) is 10.8. The van der Waals surface area contributed by atoms with Gasteiger partial charge in [-0.2, -0.15) is 0 Å². The van der Waals surface area contributed by atoms with E-state index in [-0.39, 0.29) is 6.10 Å². The molecule has 0 radical (unpaired) electrons. The number of aliphatic hydroxyl groups is 1. The fourth-order valence-corrected chi connectivity index (χ4v) is 2.37. The molecule has 0 saturated carbocycles. The quantitative estimate of drug-likeness (QED) is 0.819. The topological polar surface area (TPSA) is 23.5 Å². The molecule has 0 saturated heterocycles. The van der Waals surface area contributed by atoms with E-state index in [2.05, 4.69) is 36.9 Å². The van der Waals surface area contributed by atoms with Crippen LogP contribution < -0.4 is 4.90 Å². The highest BCUT2D eigenvalue weighted by molar-refractivity contribution is 5.52. The van der Waals surface area contributed by atoms with Crippen molar-refractivity contribution in [2.24, 2.45) is 0 Å². The molecule has 1 unspecified atom stereocenters. The Morgan fingerprint density at radius 3 is 2.73 bits per heavy atom. The van der Waals surface area contributed by atoms with Gasteiger partial charge in [0.25, 0.3) is 0 Å². The summed E-state index contributed by atoms with van der Waals surface area (Å²) in [7, 11) is 0. The molecule has 2 nitrogen and oxygen atoms in total. The Labute approximate surface area is 91.5 Å². The van der Waals surface area contributed by atoms with Crippen molar-refractivity contribution < 1.29 is 5.11 Å². The van der Waals surface area contributed by atoms with Gasteiger partial charge in [0.15, 0.2) is 0 Å². The van der Waals surface area contributed by atoms with Crippen molar-refractivity contribution in [1.82, 2.24) is 0 Å². The van der Waals surface area contributed by atoms with E-state index in [1.807, 2.05) is 0 Å². The second-order valence-corrected chi connectivity index (χ2v) is 4.11. The summed E-state index contributed by atoms with van der Waals surface area (Å²) in [5.41, 5.74) is 3.74. The molecule has 0 bridgehead atoms. The van der Waals surface area contributed by atoms with E-state index in [4.69, 9.17) is 0 Å². The van der Waals surface area contributed by atoms with Gasteiger partial charge in [0.2, 0.25) is 0 Å². The largest absolute Gasteiger partial charge is 0.388 e. The van der Waals surface area contributed by atoms with Gasteiger partial charge in [0.05, 0.1) is 6.10 Å². The number of aryl methyl sites for hydroxylation is 1. The van der Waals surface area contributed by atoms with Crippen molar-refractivity contribution >= 4 is 5.69 Å². The fourth-order valence-electron chi connectivity index (χ4n) is 2.37. The van der Waals surface area contributed by atoms with Gasteiger partial charge < -0.3 is 10.0 Å². The van der Waals surface area contributed by atoms with E-state index < -0.39 is 0 Å². The Morgan fingerprint density at radius 1 is 1.33 bits per heavy atom. The van der Waals surface area contributed by atoms with Crippen molar-refractivity contribution in [2.45, 2.75) is 32.8 Å². The lowest BCUT2D eigenvalue weighted by atomic mass is 10.1. The standard InChI is InChI=1S/C13H19NO/c1-3-14(4-2)11-6-7-12-10(9-11)5-8-13(12)15/h6-7,9,13,15H,3-5,8H2,1-2H3. The minimum atomic E-state index is -0.231. The molecule has 0 heterocycles. The summed E-state index contributed by atoms with van der Waals surface area (Å²) in [6.45, 7) is 6.42. The van der Waals surface area contributed by atoms with E-state index in [9.17, 15) is 5.11 Å². The SMILES string of the molecule is CCN(CC)c1ccc2c(c1)CCC2O. The molecule has 15 heavy (non-hydrogen) atoms. The number of hydrogen-bond donors (Lipinski definition) is 1. The van der Waals surface area contributed by atoms with Crippen LogP contribution in [0.3, 0.4) is 0 Å². The molecule has 0 aromatic heterocycles. The van der Waals surface area contributed by atoms with Crippen LogP contribution in [0.15, 0.2) is 18.2 Å². The van der Waals surface area contributed by atoms with Crippen molar-refractivity contribution in [2.75, 3.05) is 18.0 Å². The van der Waals surface area contributed by atoms with Crippen LogP contribution in [0.1, 0.15) is 37.5 Å². The molecule has 1 aromatic rings. The Hall–Kier alpha value is -1.02. The van der Waals surface area contributed by atoms with Gasteiger partial charge >= 0.3 is 0 Å². The molecule has 1 N–H and O–H groups in total. The molecule has 2 heteroatoms. The lowest BCUT2D eigenvalue weighted by molar-refractivity contribution is 0.180. The van der Waals surface area contributed by atoms with E-state index in [0.717, 1.165) is 31.5 Å². The van der Waals surface area contributed by atoms with E-state index in [1.54, 1.807) is 0 Å². The van der Waals surface area contributed by atoms with Crippen LogP contribution >= 0.6 is 0 Å². The third kappa shape index (κ3) is 1.86. The summed E-state index contributed by atoms with van der Waals surface area (Å²) in [6.07, 6.45) is 1.67. The van der Waals surface area contributed by atoms with E-state index in [1.165, 1.54) is 11.3 Å². The molecule has 1 aliphatic rings. The predicted octanol–water partition coefficient (Wildman–Crippen LogP) is 2.51. The summed E-state index contributed by atoms with van der Waals surface area (Å²) in [5.74, 6) is 0. The molecule has 0 fully saturated rings. The summed E-state index contributed by atoms with van der Waals surface area (Å²) in [5, 5.41) is 9.71. The van der Waals surface area contributed by atoms with Gasteiger partial charge in [-0.15, -0.1) is 0 Å². The first-order valence-electron chi connectivity index (χ1n) is 5.82. The second-order valence-electron chi connectivity index (χ2n) is 4.11. The van der Waals surface area contributed by atoms with Gasteiger partial charge in [0, 0.05) is 18.8 Å². The molecule has 0 amide bonds. The van der Waals surface area contributed by atoms with E-state index >= 15 is 0 Å². The molecular weight excluding hydrogens is 186 g/mol. The second kappa shape index (κ2) is 4.23. The smallest absolute Gasteiger partial charge is 0.0795 e. The molecule has 1 atom stereocenters. The van der Waals surface area contributed by atoms with Crippen molar-refractivity contribution in [3.8, 4) is 0 Å². The highest BCUT2D eigenvalue weighted by Gasteiger charge is 2.20. The molecule has 0 aliphatic heterocycles. The van der Waals surface area contributed by atoms with Crippen LogP contribution in [0.4, 0.5) is 5.69 Å². The number of rotatable bonds is 3. The van der Waals surface area contributed by atoms with Gasteiger partial charge in [-0.3, -0.25) is 0 Å². The summed E-state index contributed by atoms with van der Waals surface area (Å²) >= 11 is 0. The third-order valence-corrected chi connectivity index (χ3v) is 3.30. The minimum Gasteiger partial charge on any atom is -0.388 e. The first-order chi connectivity index (χ1) is 7.26. The van der Waals surface area contributed by atoms with Crippen LogP contribution in [0.25, 0.3) is 0 Å². The fraction of sp³-hybridized carbons (Fsp3) is 0.538. The number of fused-ring (bicyclic) bond motifs is 1. The minimum absolute atomic E-state index is 0.231. The number of hydrogen-bond acceptors (Lipinski definition) is 2.